The second-order valence-corrected chi connectivity index (χ2v) is 3.56. The average molecular weight is 216 g/mol. The number of hydrogen-bond acceptors (Lipinski definition) is 3. The summed E-state index contributed by atoms with van der Waals surface area (Å²) in [5.74, 6) is -1.10. The quantitative estimate of drug-likeness (QED) is 0.646. The highest BCUT2D eigenvalue weighted by atomic mass is 16.4. The van der Waals surface area contributed by atoms with Crippen LogP contribution in [0.5, 0.6) is 0 Å². The number of carbonyl (C=O) groups excluding carboxylic acids is 1. The number of amides is 1. The number of nitrogens with two attached hydrogens (primary N) is 1. The first-order valence-electron chi connectivity index (χ1n) is 5.24. The molecule has 0 heterocycles. The highest BCUT2D eigenvalue weighted by Gasteiger charge is 2.20. The number of rotatable bonds is 7. The van der Waals surface area contributed by atoms with Gasteiger partial charge in [0.15, 0.2) is 0 Å². The smallest absolute Gasteiger partial charge is 0.323 e. The van der Waals surface area contributed by atoms with Gasteiger partial charge in [0, 0.05) is 12.5 Å². The lowest BCUT2D eigenvalue weighted by molar-refractivity contribution is -0.146. The minimum Gasteiger partial charge on any atom is -0.480 e. The zero-order valence-electron chi connectivity index (χ0n) is 9.40. The largest absolute Gasteiger partial charge is 0.480 e. The van der Waals surface area contributed by atoms with Gasteiger partial charge in [0.2, 0.25) is 5.91 Å². The Kier molecular flexibility index (Phi) is 6.70. The van der Waals surface area contributed by atoms with Crippen molar-refractivity contribution in [3.8, 4) is 0 Å². The number of carbonyl (C=O) groups is 2. The molecule has 0 aromatic carbocycles. The van der Waals surface area contributed by atoms with Crippen LogP contribution in [0.4, 0.5) is 0 Å². The van der Waals surface area contributed by atoms with Crippen LogP contribution in [0, 0.1) is 0 Å². The van der Waals surface area contributed by atoms with Crippen molar-refractivity contribution in [2.45, 2.75) is 39.2 Å². The summed E-state index contributed by atoms with van der Waals surface area (Å²) in [4.78, 5) is 23.6. The molecule has 1 unspecified atom stereocenters. The number of carboxylic acid groups (broad SMARTS) is 1. The highest BCUT2D eigenvalue weighted by Crippen LogP contribution is 2.06. The fourth-order valence-electron chi connectivity index (χ4n) is 1.25. The lowest BCUT2D eigenvalue weighted by atomic mass is 10.2. The summed E-state index contributed by atoms with van der Waals surface area (Å²) in [6.07, 6.45) is 1.68. The van der Waals surface area contributed by atoms with E-state index in [-0.39, 0.29) is 18.5 Å². The van der Waals surface area contributed by atoms with E-state index in [0.717, 1.165) is 6.42 Å². The topological polar surface area (TPSA) is 83.6 Å². The number of hydrogen-bond donors (Lipinski definition) is 2. The van der Waals surface area contributed by atoms with Gasteiger partial charge in [0.1, 0.15) is 6.54 Å². The molecule has 0 spiro atoms. The minimum atomic E-state index is -0.976. The molecule has 1 amide bonds. The molecular formula is C10H20N2O3. The van der Waals surface area contributed by atoms with Crippen molar-refractivity contribution in [2.24, 2.45) is 5.73 Å². The Balaban J connectivity index is 4.33. The van der Waals surface area contributed by atoms with Gasteiger partial charge in [-0.3, -0.25) is 9.59 Å². The van der Waals surface area contributed by atoms with Crippen molar-refractivity contribution >= 4 is 11.9 Å². The lowest BCUT2D eigenvalue weighted by Gasteiger charge is -2.26. The van der Waals surface area contributed by atoms with Crippen LogP contribution < -0.4 is 5.73 Å². The zero-order valence-corrected chi connectivity index (χ0v) is 9.40. The molecule has 0 saturated heterocycles. The van der Waals surface area contributed by atoms with Crippen LogP contribution in [-0.2, 0) is 9.59 Å². The Morgan fingerprint density at radius 1 is 1.47 bits per heavy atom. The van der Waals surface area contributed by atoms with E-state index in [4.69, 9.17) is 10.8 Å². The number of nitrogens with zero attached hydrogens (tertiary/aromatic N) is 1. The molecule has 0 bridgehead atoms. The van der Waals surface area contributed by atoms with Crippen LogP contribution >= 0.6 is 0 Å². The second-order valence-electron chi connectivity index (χ2n) is 3.56. The molecule has 3 N–H and O–H groups in total. The normalized spacial score (nSPS) is 12.2. The van der Waals surface area contributed by atoms with E-state index in [0.29, 0.717) is 19.4 Å². The summed E-state index contributed by atoms with van der Waals surface area (Å²) in [6.45, 7) is 4.00. The maximum atomic E-state index is 11.6. The molecule has 0 aliphatic rings. The van der Waals surface area contributed by atoms with E-state index >= 15 is 0 Å². The lowest BCUT2D eigenvalue weighted by Crippen LogP contribution is -2.41. The Morgan fingerprint density at radius 3 is 2.47 bits per heavy atom. The molecule has 5 heteroatoms. The number of carboxylic acids is 1. The van der Waals surface area contributed by atoms with Gasteiger partial charge in [0.05, 0.1) is 0 Å². The summed E-state index contributed by atoms with van der Waals surface area (Å²) >= 11 is 0. The molecule has 0 rings (SSSR count). The monoisotopic (exact) mass is 216 g/mol. The van der Waals surface area contributed by atoms with Gasteiger partial charge in [-0.25, -0.2) is 0 Å². The van der Waals surface area contributed by atoms with E-state index in [1.165, 1.54) is 4.90 Å². The van der Waals surface area contributed by atoms with Crippen LogP contribution in [0.15, 0.2) is 0 Å². The Bertz CT molecular complexity index is 219. The van der Waals surface area contributed by atoms with Crippen LogP contribution in [-0.4, -0.2) is 41.0 Å². The molecule has 0 saturated carbocycles. The number of aliphatic carboxylic acids is 1. The van der Waals surface area contributed by atoms with Crippen LogP contribution in [0.3, 0.4) is 0 Å². The van der Waals surface area contributed by atoms with Gasteiger partial charge in [-0.2, -0.15) is 0 Å². The van der Waals surface area contributed by atoms with E-state index in [1.54, 1.807) is 0 Å². The van der Waals surface area contributed by atoms with Crippen molar-refractivity contribution in [3.05, 3.63) is 0 Å². The van der Waals surface area contributed by atoms with E-state index < -0.39 is 5.97 Å². The van der Waals surface area contributed by atoms with Gasteiger partial charge in [-0.05, 0) is 26.3 Å². The fourth-order valence-corrected chi connectivity index (χ4v) is 1.25. The van der Waals surface area contributed by atoms with Gasteiger partial charge in [0.25, 0.3) is 0 Å². The predicted molar refractivity (Wildman–Crippen MR) is 57.4 cm³/mol. The third kappa shape index (κ3) is 5.37. The third-order valence-corrected chi connectivity index (χ3v) is 2.34. The minimum absolute atomic E-state index is 0.0358. The first-order chi connectivity index (χ1) is 7.02. The fraction of sp³-hybridized carbons (Fsp3) is 0.800. The summed E-state index contributed by atoms with van der Waals surface area (Å²) in [6, 6.07) is -0.0358. The summed E-state index contributed by atoms with van der Waals surface area (Å²) < 4.78 is 0. The Hall–Kier alpha value is -1.10. The van der Waals surface area contributed by atoms with E-state index in [1.807, 2.05) is 13.8 Å². The first-order valence-corrected chi connectivity index (χ1v) is 5.24. The Labute approximate surface area is 90.2 Å². The van der Waals surface area contributed by atoms with Gasteiger partial charge < -0.3 is 15.7 Å². The van der Waals surface area contributed by atoms with Crippen LogP contribution in [0.2, 0.25) is 0 Å². The molecule has 88 valence electrons. The first kappa shape index (κ1) is 13.9. The summed E-state index contributed by atoms with van der Waals surface area (Å²) in [5, 5.41) is 8.68. The highest BCUT2D eigenvalue weighted by molar-refractivity contribution is 5.81. The molecule has 0 aromatic rings. The maximum absolute atomic E-state index is 11.6. The molecule has 0 aromatic heterocycles. The van der Waals surface area contributed by atoms with Gasteiger partial charge in [-0.1, -0.05) is 6.92 Å². The molecule has 0 aliphatic carbocycles. The molecule has 0 radical (unpaired) electrons. The van der Waals surface area contributed by atoms with Crippen molar-refractivity contribution in [2.75, 3.05) is 13.1 Å². The van der Waals surface area contributed by atoms with Gasteiger partial charge >= 0.3 is 5.97 Å². The van der Waals surface area contributed by atoms with Gasteiger partial charge in [-0.15, -0.1) is 0 Å². The molecule has 0 fully saturated rings. The SMILES string of the molecule is CCC(C)N(CC(=O)O)C(=O)CCCN. The van der Waals surface area contributed by atoms with Crippen LogP contribution in [0.25, 0.3) is 0 Å². The average Bonchev–Trinajstić information content (AvgIpc) is 2.21. The van der Waals surface area contributed by atoms with Crippen molar-refractivity contribution in [1.82, 2.24) is 4.90 Å². The standard InChI is InChI=1S/C10H20N2O3/c1-3-8(2)12(7-10(14)15)9(13)5-4-6-11/h8H,3-7,11H2,1-2H3,(H,14,15). The second kappa shape index (κ2) is 7.23. The van der Waals surface area contributed by atoms with Crippen LogP contribution in [0.1, 0.15) is 33.1 Å². The summed E-state index contributed by atoms with van der Waals surface area (Å²) in [5.41, 5.74) is 5.30. The molecule has 15 heavy (non-hydrogen) atoms. The van der Waals surface area contributed by atoms with Crippen molar-refractivity contribution in [1.29, 1.82) is 0 Å². The molecular weight excluding hydrogens is 196 g/mol. The predicted octanol–water partition coefficient (Wildman–Crippen LogP) is 0.437. The van der Waals surface area contributed by atoms with E-state index in [9.17, 15) is 9.59 Å². The summed E-state index contributed by atoms with van der Waals surface area (Å²) in [7, 11) is 0. The third-order valence-electron chi connectivity index (χ3n) is 2.34. The Morgan fingerprint density at radius 2 is 2.07 bits per heavy atom. The molecule has 5 nitrogen and oxygen atoms in total. The molecule has 1 atom stereocenters. The van der Waals surface area contributed by atoms with Crippen molar-refractivity contribution < 1.29 is 14.7 Å². The maximum Gasteiger partial charge on any atom is 0.323 e. The van der Waals surface area contributed by atoms with E-state index in [2.05, 4.69) is 0 Å². The molecule has 0 aliphatic heterocycles. The van der Waals surface area contributed by atoms with Crippen molar-refractivity contribution in [3.63, 3.8) is 0 Å². The zero-order chi connectivity index (χ0) is 11.8.